The Bertz CT molecular complexity index is 1120. The highest BCUT2D eigenvalue weighted by Crippen LogP contribution is 2.25. The van der Waals surface area contributed by atoms with Gasteiger partial charge in [0.1, 0.15) is 5.76 Å². The molecule has 0 radical (unpaired) electrons. The van der Waals surface area contributed by atoms with E-state index in [0.29, 0.717) is 17.9 Å². The molecule has 1 aromatic carbocycles. The first-order valence-corrected chi connectivity index (χ1v) is 10.7. The standard InChI is InChI=1S/C24H28N4O5/c1-4-32-24(31)25-19-7-5-6-17(14-19)15-28-22(29)13-12-21(26-28)18-8-10-20(11-9-18)33-16-23(30)27(2)3/h5-8,10-14,18H,4,9,15-16H2,1-3H3,(H,25,31). The van der Waals surface area contributed by atoms with E-state index in [4.69, 9.17) is 9.47 Å². The van der Waals surface area contributed by atoms with Gasteiger partial charge in [-0.1, -0.05) is 18.2 Å². The third-order valence-corrected chi connectivity index (χ3v) is 4.98. The lowest BCUT2D eigenvalue weighted by atomic mass is 9.96. The maximum atomic E-state index is 12.4. The van der Waals surface area contributed by atoms with Gasteiger partial charge in [-0.25, -0.2) is 9.48 Å². The zero-order valence-corrected chi connectivity index (χ0v) is 19.0. The molecule has 1 aromatic heterocycles. The van der Waals surface area contributed by atoms with Crippen LogP contribution in [0.2, 0.25) is 0 Å². The molecule has 33 heavy (non-hydrogen) atoms. The molecule has 1 aliphatic rings. The molecule has 0 bridgehead atoms. The molecule has 9 nitrogen and oxygen atoms in total. The third kappa shape index (κ3) is 6.80. The van der Waals surface area contributed by atoms with Gasteiger partial charge in [-0.3, -0.25) is 14.9 Å². The SMILES string of the molecule is CCOC(=O)Nc1cccc(Cn2nc(C3C=CC(OCC(=O)N(C)C)=CC3)ccc2=O)c1. The fourth-order valence-electron chi connectivity index (χ4n) is 3.18. The molecule has 1 atom stereocenters. The third-order valence-electron chi connectivity index (χ3n) is 4.98. The second-order valence-corrected chi connectivity index (χ2v) is 7.68. The quantitative estimate of drug-likeness (QED) is 0.661. The summed E-state index contributed by atoms with van der Waals surface area (Å²) in [7, 11) is 3.36. The number of ether oxygens (including phenoxy) is 2. The van der Waals surface area contributed by atoms with Gasteiger partial charge in [-0.05, 0) is 49.3 Å². The molecule has 1 N–H and O–H groups in total. The Labute approximate surface area is 192 Å². The summed E-state index contributed by atoms with van der Waals surface area (Å²) in [6.45, 7) is 2.27. The summed E-state index contributed by atoms with van der Waals surface area (Å²) in [6.07, 6.45) is 5.80. The predicted octanol–water partition coefficient (Wildman–Crippen LogP) is 2.89. The summed E-state index contributed by atoms with van der Waals surface area (Å²) in [6, 6.07) is 10.4. The van der Waals surface area contributed by atoms with Crippen molar-refractivity contribution in [1.82, 2.24) is 14.7 Å². The Kier molecular flexibility index (Phi) is 8.01. The first-order valence-electron chi connectivity index (χ1n) is 10.7. The lowest BCUT2D eigenvalue weighted by Gasteiger charge is -2.18. The van der Waals surface area contributed by atoms with Crippen molar-refractivity contribution < 1.29 is 19.1 Å². The van der Waals surface area contributed by atoms with Crippen molar-refractivity contribution in [3.63, 3.8) is 0 Å². The summed E-state index contributed by atoms with van der Waals surface area (Å²) in [4.78, 5) is 37.2. The van der Waals surface area contributed by atoms with E-state index in [1.54, 1.807) is 45.3 Å². The van der Waals surface area contributed by atoms with Crippen LogP contribution in [0.15, 0.2) is 65.2 Å². The lowest BCUT2D eigenvalue weighted by Crippen LogP contribution is -2.26. The van der Waals surface area contributed by atoms with E-state index in [9.17, 15) is 14.4 Å². The number of hydrogen-bond donors (Lipinski definition) is 1. The van der Waals surface area contributed by atoms with Gasteiger partial charge in [-0.2, -0.15) is 5.10 Å². The van der Waals surface area contributed by atoms with E-state index < -0.39 is 6.09 Å². The molecular weight excluding hydrogens is 424 g/mol. The van der Waals surface area contributed by atoms with Gasteiger partial charge in [0.15, 0.2) is 6.61 Å². The number of likely N-dealkylation sites (N-methyl/N-ethyl adjacent to an activating group) is 1. The zero-order valence-electron chi connectivity index (χ0n) is 19.0. The van der Waals surface area contributed by atoms with E-state index in [2.05, 4.69) is 10.4 Å². The van der Waals surface area contributed by atoms with Crippen LogP contribution in [-0.4, -0.2) is 54.0 Å². The molecule has 0 saturated heterocycles. The monoisotopic (exact) mass is 452 g/mol. The molecular formula is C24H28N4O5. The second kappa shape index (κ2) is 11.1. The summed E-state index contributed by atoms with van der Waals surface area (Å²) < 4.78 is 11.8. The minimum absolute atomic E-state index is 0.00874. The van der Waals surface area contributed by atoms with Gasteiger partial charge < -0.3 is 14.4 Å². The average molecular weight is 453 g/mol. The number of amides is 2. The number of anilines is 1. The summed E-state index contributed by atoms with van der Waals surface area (Å²) in [5.74, 6) is 0.521. The van der Waals surface area contributed by atoms with Crippen LogP contribution < -0.4 is 10.9 Å². The number of allylic oxidation sites excluding steroid dienone is 3. The molecule has 2 amide bonds. The average Bonchev–Trinajstić information content (AvgIpc) is 2.79. The molecule has 174 valence electrons. The number of carbonyl (C=O) groups excluding carboxylic acids is 2. The number of benzene rings is 1. The van der Waals surface area contributed by atoms with E-state index in [1.807, 2.05) is 24.3 Å². The van der Waals surface area contributed by atoms with Gasteiger partial charge in [-0.15, -0.1) is 0 Å². The van der Waals surface area contributed by atoms with Crippen LogP contribution in [0.25, 0.3) is 0 Å². The molecule has 3 rings (SSSR count). The van der Waals surface area contributed by atoms with Crippen molar-refractivity contribution in [2.24, 2.45) is 0 Å². The maximum Gasteiger partial charge on any atom is 0.411 e. The molecule has 0 fully saturated rings. The van der Waals surface area contributed by atoms with Crippen molar-refractivity contribution in [2.45, 2.75) is 25.8 Å². The van der Waals surface area contributed by atoms with E-state index in [0.717, 1.165) is 11.3 Å². The van der Waals surface area contributed by atoms with Crippen LogP contribution >= 0.6 is 0 Å². The normalized spacial score (nSPS) is 14.9. The number of aromatic nitrogens is 2. The maximum absolute atomic E-state index is 12.4. The van der Waals surface area contributed by atoms with E-state index in [1.165, 1.54) is 15.6 Å². The second-order valence-electron chi connectivity index (χ2n) is 7.68. The van der Waals surface area contributed by atoms with Gasteiger partial charge in [0.25, 0.3) is 11.5 Å². The zero-order chi connectivity index (χ0) is 23.8. The summed E-state index contributed by atoms with van der Waals surface area (Å²) in [5.41, 5.74) is 1.93. The lowest BCUT2D eigenvalue weighted by molar-refractivity contribution is -0.132. The number of hydrogen-bond acceptors (Lipinski definition) is 6. The largest absolute Gasteiger partial charge is 0.484 e. The fraction of sp³-hybridized carbons (Fsp3) is 0.333. The fourth-order valence-corrected chi connectivity index (χ4v) is 3.18. The van der Waals surface area contributed by atoms with Crippen LogP contribution in [0.3, 0.4) is 0 Å². The molecule has 2 aromatic rings. The van der Waals surface area contributed by atoms with E-state index in [-0.39, 0.29) is 37.1 Å². The molecule has 9 heteroatoms. The number of carbonyl (C=O) groups is 2. The molecule has 0 saturated carbocycles. The highest BCUT2D eigenvalue weighted by atomic mass is 16.5. The molecule has 0 spiro atoms. The van der Waals surface area contributed by atoms with Crippen LogP contribution in [-0.2, 0) is 20.8 Å². The molecule has 0 aliphatic heterocycles. The van der Waals surface area contributed by atoms with E-state index >= 15 is 0 Å². The van der Waals surface area contributed by atoms with Crippen LogP contribution in [0.4, 0.5) is 10.5 Å². The highest BCUT2D eigenvalue weighted by Gasteiger charge is 2.16. The van der Waals surface area contributed by atoms with Crippen LogP contribution in [0.1, 0.15) is 30.5 Å². The topological polar surface area (TPSA) is 103 Å². The van der Waals surface area contributed by atoms with Crippen molar-refractivity contribution in [3.8, 4) is 0 Å². The van der Waals surface area contributed by atoms with Gasteiger partial charge in [0, 0.05) is 31.8 Å². The smallest absolute Gasteiger partial charge is 0.411 e. The van der Waals surface area contributed by atoms with Crippen molar-refractivity contribution >= 4 is 17.7 Å². The summed E-state index contributed by atoms with van der Waals surface area (Å²) >= 11 is 0. The Balaban J connectivity index is 1.66. The number of nitrogens with one attached hydrogen (secondary N) is 1. The predicted molar refractivity (Wildman–Crippen MR) is 124 cm³/mol. The number of nitrogens with zero attached hydrogens (tertiary/aromatic N) is 3. The van der Waals surface area contributed by atoms with Crippen molar-refractivity contribution in [3.05, 3.63) is 82.0 Å². The van der Waals surface area contributed by atoms with Crippen molar-refractivity contribution in [1.29, 1.82) is 0 Å². The Morgan fingerprint density at radius 1 is 1.24 bits per heavy atom. The Morgan fingerprint density at radius 2 is 2.06 bits per heavy atom. The van der Waals surface area contributed by atoms with Crippen LogP contribution in [0.5, 0.6) is 0 Å². The Hall–Kier alpha value is -3.88. The first kappa shape index (κ1) is 23.8. The molecule has 1 aliphatic carbocycles. The van der Waals surface area contributed by atoms with Gasteiger partial charge in [0.05, 0.1) is 18.8 Å². The Morgan fingerprint density at radius 3 is 2.76 bits per heavy atom. The summed E-state index contributed by atoms with van der Waals surface area (Å²) in [5, 5.41) is 7.20. The molecule has 1 heterocycles. The highest BCUT2D eigenvalue weighted by molar-refractivity contribution is 5.84. The minimum atomic E-state index is -0.529. The molecule has 1 unspecified atom stereocenters. The first-order chi connectivity index (χ1) is 15.9. The van der Waals surface area contributed by atoms with Gasteiger partial charge >= 0.3 is 6.09 Å². The van der Waals surface area contributed by atoms with Crippen LogP contribution in [0, 0.1) is 0 Å². The number of rotatable bonds is 8. The van der Waals surface area contributed by atoms with Crippen molar-refractivity contribution in [2.75, 3.05) is 32.6 Å². The minimum Gasteiger partial charge on any atom is -0.484 e. The van der Waals surface area contributed by atoms with Gasteiger partial charge in [0.2, 0.25) is 0 Å².